The molecule has 8 aromatic carbocycles. The van der Waals surface area contributed by atoms with Crippen molar-refractivity contribution in [3.63, 3.8) is 0 Å². The molecule has 8 rings (SSSR count). The van der Waals surface area contributed by atoms with Crippen molar-refractivity contribution in [1.29, 1.82) is 0 Å². The third-order valence-corrected chi connectivity index (χ3v) is 7.95. The van der Waals surface area contributed by atoms with Crippen molar-refractivity contribution in [3.8, 4) is 22.3 Å². The first-order chi connectivity index (χ1) is 21.1. The van der Waals surface area contributed by atoms with Gasteiger partial charge in [0.25, 0.3) is 0 Å². The van der Waals surface area contributed by atoms with Crippen LogP contribution in [-0.4, -0.2) is 0 Å². The first-order valence-corrected chi connectivity index (χ1v) is 14.9. The number of rotatable bonds is 2. The Balaban J connectivity index is 0.000000218. The average molecular weight is 804 g/mol. The van der Waals surface area contributed by atoms with Gasteiger partial charge in [0.1, 0.15) is 0 Å². The Morgan fingerprint density at radius 1 is 0.435 bits per heavy atom. The van der Waals surface area contributed by atoms with Gasteiger partial charge < -0.3 is 20.3 Å². The Bertz CT molecular complexity index is 2000. The Labute approximate surface area is 304 Å². The monoisotopic (exact) mass is 804 g/mol. The standard InChI is InChI=1S/2C20H15.C3H6.2ClH.Hf/c2*1-14-12-16-8-5-11-19(20(16)13-14)18-10-4-7-15-6-2-3-9-17(15)18;1-3-2;;;/h2*2-13H,1H3;1-3H2;2*1H;/q2*-1;-2;;;+4. The van der Waals surface area contributed by atoms with Gasteiger partial charge in [-0.3, -0.25) is 0 Å². The van der Waals surface area contributed by atoms with Crippen LogP contribution in [0.25, 0.3) is 65.3 Å². The van der Waals surface area contributed by atoms with Crippen LogP contribution in [0.2, 0.25) is 0 Å². The van der Waals surface area contributed by atoms with Gasteiger partial charge in [0.2, 0.25) is 0 Å². The molecule has 46 heavy (non-hydrogen) atoms. The van der Waals surface area contributed by atoms with Crippen molar-refractivity contribution < 1.29 is 25.8 Å². The summed E-state index contributed by atoms with van der Waals surface area (Å²) in [7, 11) is 0. The molecule has 0 amide bonds. The molecular weight excluding hydrogens is 766 g/mol. The molecule has 0 aliphatic heterocycles. The number of aryl methyl sites for hydroxylation is 2. The molecule has 0 nitrogen and oxygen atoms in total. The zero-order valence-corrected chi connectivity index (χ0v) is 31.5. The summed E-state index contributed by atoms with van der Waals surface area (Å²) in [4.78, 5) is 0. The predicted molar refractivity (Wildman–Crippen MR) is 204 cm³/mol. The summed E-state index contributed by atoms with van der Waals surface area (Å²) < 4.78 is 0. The Morgan fingerprint density at radius 2 is 0.739 bits per heavy atom. The quantitative estimate of drug-likeness (QED) is 0.121. The predicted octanol–water partition coefficient (Wildman–Crippen LogP) is 13.3. The van der Waals surface area contributed by atoms with Crippen LogP contribution in [0.4, 0.5) is 0 Å². The molecule has 0 aliphatic carbocycles. The zero-order valence-electron chi connectivity index (χ0n) is 26.3. The van der Waals surface area contributed by atoms with Crippen LogP contribution >= 0.6 is 24.8 Å². The molecule has 0 bridgehead atoms. The number of benzene rings is 6. The third kappa shape index (κ3) is 7.72. The van der Waals surface area contributed by atoms with E-state index >= 15 is 0 Å². The Kier molecular flexibility index (Phi) is 13.6. The fourth-order valence-electron chi connectivity index (χ4n) is 6.16. The molecule has 0 fully saturated rings. The number of hydrogen-bond donors (Lipinski definition) is 0. The van der Waals surface area contributed by atoms with Crippen molar-refractivity contribution in [2.45, 2.75) is 20.3 Å². The van der Waals surface area contributed by atoms with Crippen molar-refractivity contribution in [3.05, 3.63) is 171 Å². The van der Waals surface area contributed by atoms with Gasteiger partial charge in [0, 0.05) is 0 Å². The van der Waals surface area contributed by atoms with E-state index < -0.39 is 0 Å². The summed E-state index contributed by atoms with van der Waals surface area (Å²) in [6.07, 6.45) is 0.750. The van der Waals surface area contributed by atoms with Crippen LogP contribution in [0.1, 0.15) is 17.5 Å². The van der Waals surface area contributed by atoms with E-state index in [1.54, 1.807) is 0 Å². The zero-order chi connectivity index (χ0) is 29.8. The van der Waals surface area contributed by atoms with Gasteiger partial charge in [0.05, 0.1) is 0 Å². The molecule has 3 heteroatoms. The van der Waals surface area contributed by atoms with E-state index in [1.165, 1.54) is 76.5 Å². The number of fused-ring (bicyclic) bond motifs is 4. The molecule has 0 spiro atoms. The van der Waals surface area contributed by atoms with E-state index in [2.05, 4.69) is 173 Å². The molecule has 0 heterocycles. The molecule has 0 radical (unpaired) electrons. The molecular formula is C43H38Cl2Hf. The number of halogens is 2. The summed E-state index contributed by atoms with van der Waals surface area (Å²) in [5.74, 6) is 0. The third-order valence-electron chi connectivity index (χ3n) is 7.95. The second-order valence-electron chi connectivity index (χ2n) is 11.1. The van der Waals surface area contributed by atoms with Crippen LogP contribution in [0.3, 0.4) is 0 Å². The van der Waals surface area contributed by atoms with Crippen LogP contribution in [0, 0.1) is 27.7 Å². The fourth-order valence-corrected chi connectivity index (χ4v) is 6.16. The maximum atomic E-state index is 3.38. The second kappa shape index (κ2) is 16.9. The van der Waals surface area contributed by atoms with Crippen molar-refractivity contribution in [2.75, 3.05) is 0 Å². The minimum atomic E-state index is 0. The summed E-state index contributed by atoms with van der Waals surface area (Å²) in [5.41, 5.74) is 7.94. The number of hydrogen-bond acceptors (Lipinski definition) is 0. The second-order valence-corrected chi connectivity index (χ2v) is 11.1. The van der Waals surface area contributed by atoms with Gasteiger partial charge in [-0.05, 0) is 32.7 Å². The van der Waals surface area contributed by atoms with E-state index in [0.29, 0.717) is 0 Å². The van der Waals surface area contributed by atoms with Gasteiger partial charge in [-0.25, -0.2) is 0 Å². The molecule has 0 saturated carbocycles. The van der Waals surface area contributed by atoms with Crippen molar-refractivity contribution in [1.82, 2.24) is 0 Å². The van der Waals surface area contributed by atoms with E-state index in [9.17, 15) is 0 Å². The van der Waals surface area contributed by atoms with E-state index in [4.69, 9.17) is 0 Å². The average Bonchev–Trinajstić information content (AvgIpc) is 3.62. The SMILES string of the molecule is Cc1cc2c(-c3cccc4ccccc34)cccc2[cH-]1.Cc1cc2c(-c3cccc4ccccc34)cccc2[cH-]1.Cl.Cl.[CH2-]C[CH2-].[Hf+4]. The summed E-state index contributed by atoms with van der Waals surface area (Å²) in [6, 6.07) is 52.5. The summed E-state index contributed by atoms with van der Waals surface area (Å²) in [5, 5.41) is 10.6. The van der Waals surface area contributed by atoms with Crippen LogP contribution in [0.15, 0.2) is 146 Å². The normalized spacial score (nSPS) is 10.2. The molecule has 0 N–H and O–H groups in total. The molecule has 0 aliphatic rings. The largest absolute Gasteiger partial charge is 4.00 e. The summed E-state index contributed by atoms with van der Waals surface area (Å²) in [6.45, 7) is 11.1. The van der Waals surface area contributed by atoms with E-state index in [1.807, 2.05) is 0 Å². The first-order valence-electron chi connectivity index (χ1n) is 14.9. The molecule has 8 aromatic rings. The van der Waals surface area contributed by atoms with Crippen molar-refractivity contribution >= 4 is 67.9 Å². The topological polar surface area (TPSA) is 0 Å². The van der Waals surface area contributed by atoms with Crippen LogP contribution in [0.5, 0.6) is 0 Å². The smallest absolute Gasteiger partial charge is 0.372 e. The van der Waals surface area contributed by atoms with Crippen LogP contribution < -0.4 is 0 Å². The first kappa shape index (κ1) is 37.0. The van der Waals surface area contributed by atoms with Gasteiger partial charge >= 0.3 is 25.8 Å². The minimum absolute atomic E-state index is 0. The van der Waals surface area contributed by atoms with Crippen LogP contribution in [-0.2, 0) is 25.8 Å². The Hall–Kier alpha value is -3.49. The molecule has 0 atom stereocenters. The molecule has 228 valence electrons. The fraction of sp³-hybridized carbons (Fsp3) is 0.0698. The molecule has 0 unspecified atom stereocenters. The van der Waals surface area contributed by atoms with Crippen molar-refractivity contribution in [2.24, 2.45) is 0 Å². The van der Waals surface area contributed by atoms with Gasteiger partial charge in [-0.2, -0.15) is 12.1 Å². The maximum absolute atomic E-state index is 3.38. The van der Waals surface area contributed by atoms with E-state index in [-0.39, 0.29) is 50.7 Å². The van der Waals surface area contributed by atoms with Gasteiger partial charge in [-0.1, -0.05) is 122 Å². The van der Waals surface area contributed by atoms with Gasteiger partial charge in [-0.15, -0.1) is 93.9 Å². The maximum Gasteiger partial charge on any atom is 4.00 e. The minimum Gasteiger partial charge on any atom is -0.372 e. The van der Waals surface area contributed by atoms with Gasteiger partial charge in [0.15, 0.2) is 0 Å². The molecule has 0 saturated heterocycles. The Morgan fingerprint density at radius 3 is 1.13 bits per heavy atom. The van der Waals surface area contributed by atoms with E-state index in [0.717, 1.165) is 6.42 Å². The molecule has 0 aromatic heterocycles. The summed E-state index contributed by atoms with van der Waals surface area (Å²) >= 11 is 0.